The van der Waals surface area contributed by atoms with Crippen LogP contribution in [0, 0.1) is 13.8 Å². The van der Waals surface area contributed by atoms with Gasteiger partial charge in [0.05, 0.1) is 5.92 Å². The van der Waals surface area contributed by atoms with Gasteiger partial charge < -0.3 is 14.6 Å². The largest absolute Gasteiger partial charge is 0.502 e. The van der Waals surface area contributed by atoms with Crippen molar-refractivity contribution < 1.29 is 14.6 Å². The third-order valence-corrected chi connectivity index (χ3v) is 6.11. The number of benzene rings is 1. The van der Waals surface area contributed by atoms with E-state index in [4.69, 9.17) is 4.42 Å². The number of aryl methyl sites for hydroxylation is 2. The molecule has 0 radical (unpaired) electrons. The molecule has 2 aliphatic carbocycles. The van der Waals surface area contributed by atoms with Gasteiger partial charge >= 0.3 is 0 Å². The smallest absolute Gasteiger partial charge is 0.227 e. The summed E-state index contributed by atoms with van der Waals surface area (Å²) in [5.41, 5.74) is 6.99. The summed E-state index contributed by atoms with van der Waals surface area (Å²) in [6.07, 6.45) is 0. The van der Waals surface area contributed by atoms with Gasteiger partial charge in [0, 0.05) is 6.07 Å². The van der Waals surface area contributed by atoms with Crippen molar-refractivity contribution in [1.82, 2.24) is 0 Å². The molecule has 1 aromatic heterocycles. The Hall–Kier alpha value is -3.37. The van der Waals surface area contributed by atoms with E-state index in [1.165, 1.54) is 5.56 Å². The number of hydrogen-bond donors (Lipinski definition) is 2. The van der Waals surface area contributed by atoms with Crippen LogP contribution in [0.2, 0.25) is 0 Å². The summed E-state index contributed by atoms with van der Waals surface area (Å²) in [7, 11) is 0. The Kier molecular flexibility index (Phi) is 5.90. The highest BCUT2D eigenvalue weighted by Crippen LogP contribution is 2.45. The molecule has 4 heteroatoms. The predicted molar refractivity (Wildman–Crippen MR) is 127 cm³/mol. The molecule has 2 N–H and O–H groups in total. The molecular weight excluding hydrogens is 400 g/mol. The van der Waals surface area contributed by atoms with Crippen LogP contribution in [0.3, 0.4) is 0 Å². The van der Waals surface area contributed by atoms with Gasteiger partial charge in [-0.1, -0.05) is 68.4 Å². The molecule has 32 heavy (non-hydrogen) atoms. The van der Waals surface area contributed by atoms with Gasteiger partial charge in [-0.25, -0.2) is 0 Å². The molecule has 1 heterocycles. The van der Waals surface area contributed by atoms with Crippen LogP contribution in [0.25, 0.3) is 11.1 Å². The first-order valence-electron chi connectivity index (χ1n) is 10.9. The zero-order valence-electron chi connectivity index (χ0n) is 18.8. The van der Waals surface area contributed by atoms with Crippen molar-refractivity contribution in [3.8, 4) is 16.9 Å². The Labute approximate surface area is 188 Å². The average molecular weight is 429 g/mol. The lowest BCUT2D eigenvalue weighted by Crippen LogP contribution is -2.11. The molecule has 4 rings (SSSR count). The van der Waals surface area contributed by atoms with Gasteiger partial charge in [0.15, 0.2) is 5.76 Å². The van der Waals surface area contributed by atoms with E-state index in [1.807, 2.05) is 30.3 Å². The van der Waals surface area contributed by atoms with E-state index in [2.05, 4.69) is 52.0 Å². The molecule has 0 saturated heterocycles. The zero-order chi connectivity index (χ0) is 23.0. The quantitative estimate of drug-likeness (QED) is 0.417. The van der Waals surface area contributed by atoms with Gasteiger partial charge in [0.25, 0.3) is 0 Å². The lowest BCUT2D eigenvalue weighted by Gasteiger charge is -2.20. The van der Waals surface area contributed by atoms with Crippen molar-refractivity contribution in [1.29, 1.82) is 0 Å². The highest BCUT2D eigenvalue weighted by Gasteiger charge is 2.30. The number of aliphatic hydroxyl groups is 1. The standard InChI is InChI=1S/C28H28O4/c1-16(2)20-11-10-17(3)25-22(13-20)18(4)12-23(25)26(19-8-6-5-7-9-19)28-27(31)24(30)14-21(15-29)32-28/h5-14,16,26,29,31H,15H2,1-4H3. The van der Waals surface area contributed by atoms with E-state index in [1.54, 1.807) is 0 Å². The minimum absolute atomic E-state index is 0.126. The molecule has 0 fully saturated rings. The summed E-state index contributed by atoms with van der Waals surface area (Å²) in [5.74, 6) is -0.273. The lowest BCUT2D eigenvalue weighted by molar-refractivity contribution is 0.235. The van der Waals surface area contributed by atoms with E-state index in [0.29, 0.717) is 5.92 Å². The first-order chi connectivity index (χ1) is 15.3. The highest BCUT2D eigenvalue weighted by molar-refractivity contribution is 5.80. The Bertz CT molecular complexity index is 1280. The van der Waals surface area contributed by atoms with Crippen LogP contribution >= 0.6 is 0 Å². The molecule has 2 aromatic rings. The number of aliphatic hydroxyl groups excluding tert-OH is 1. The van der Waals surface area contributed by atoms with E-state index >= 15 is 0 Å². The summed E-state index contributed by atoms with van der Waals surface area (Å²) in [4.78, 5) is 12.5. The molecule has 0 spiro atoms. The summed E-state index contributed by atoms with van der Waals surface area (Å²) >= 11 is 0. The molecule has 0 aliphatic heterocycles. The second-order valence-electron chi connectivity index (χ2n) is 8.68. The van der Waals surface area contributed by atoms with E-state index in [-0.39, 0.29) is 11.5 Å². The van der Waals surface area contributed by atoms with Gasteiger partial charge in [0.2, 0.25) is 11.2 Å². The highest BCUT2D eigenvalue weighted by atomic mass is 16.4. The van der Waals surface area contributed by atoms with Crippen molar-refractivity contribution in [3.63, 3.8) is 0 Å². The van der Waals surface area contributed by atoms with Crippen LogP contribution < -0.4 is 5.43 Å². The topological polar surface area (TPSA) is 70.7 Å². The minimum Gasteiger partial charge on any atom is -0.502 e. The summed E-state index contributed by atoms with van der Waals surface area (Å²) in [6.45, 7) is 8.09. The van der Waals surface area contributed by atoms with Crippen LogP contribution in [0.4, 0.5) is 0 Å². The first-order valence-corrected chi connectivity index (χ1v) is 10.9. The zero-order valence-corrected chi connectivity index (χ0v) is 18.8. The normalized spacial score (nSPS) is 12.4. The molecule has 164 valence electrons. The van der Waals surface area contributed by atoms with Crippen LogP contribution in [-0.2, 0) is 6.61 Å². The van der Waals surface area contributed by atoms with Crippen LogP contribution in [0.1, 0.15) is 65.0 Å². The fraction of sp³-hybridized carbons (Fsp3) is 0.250. The monoisotopic (exact) mass is 428 g/mol. The Morgan fingerprint density at radius 3 is 2.28 bits per heavy atom. The Morgan fingerprint density at radius 1 is 0.906 bits per heavy atom. The van der Waals surface area contributed by atoms with E-state index < -0.39 is 23.7 Å². The van der Waals surface area contributed by atoms with Crippen molar-refractivity contribution >= 4 is 0 Å². The van der Waals surface area contributed by atoms with Crippen molar-refractivity contribution in [2.75, 3.05) is 0 Å². The molecule has 2 aliphatic rings. The van der Waals surface area contributed by atoms with Crippen LogP contribution in [0.5, 0.6) is 5.75 Å². The minimum atomic E-state index is -0.562. The van der Waals surface area contributed by atoms with Gasteiger partial charge in [0.1, 0.15) is 12.4 Å². The lowest BCUT2D eigenvalue weighted by atomic mass is 9.86. The Balaban J connectivity index is 2.06. The number of hydrogen-bond acceptors (Lipinski definition) is 4. The number of fused-ring (bicyclic) bond motifs is 1. The molecular formula is C28H28O4. The maximum atomic E-state index is 12.5. The molecule has 1 unspecified atom stereocenters. The summed E-state index contributed by atoms with van der Waals surface area (Å²) in [6, 6.07) is 19.5. The third-order valence-electron chi connectivity index (χ3n) is 6.11. The fourth-order valence-corrected chi connectivity index (χ4v) is 4.41. The second kappa shape index (κ2) is 8.64. The maximum absolute atomic E-state index is 12.5. The molecule has 1 aromatic carbocycles. The summed E-state index contributed by atoms with van der Waals surface area (Å²) in [5, 5.41) is 20.4. The van der Waals surface area contributed by atoms with Gasteiger partial charge in [-0.15, -0.1) is 0 Å². The fourth-order valence-electron chi connectivity index (χ4n) is 4.41. The van der Waals surface area contributed by atoms with Crippen molar-refractivity contribution in [3.05, 3.63) is 110 Å². The van der Waals surface area contributed by atoms with Gasteiger partial charge in [-0.05, 0) is 58.7 Å². The molecule has 0 amide bonds. The maximum Gasteiger partial charge on any atom is 0.227 e. The van der Waals surface area contributed by atoms with E-state index in [0.717, 1.165) is 39.4 Å². The van der Waals surface area contributed by atoms with Crippen molar-refractivity contribution in [2.45, 2.75) is 46.1 Å². The van der Waals surface area contributed by atoms with Crippen LogP contribution in [0.15, 0.2) is 69.9 Å². The van der Waals surface area contributed by atoms with Gasteiger partial charge in [-0.2, -0.15) is 0 Å². The predicted octanol–water partition coefficient (Wildman–Crippen LogP) is 5.86. The van der Waals surface area contributed by atoms with Crippen LogP contribution in [-0.4, -0.2) is 10.2 Å². The summed E-state index contributed by atoms with van der Waals surface area (Å²) < 4.78 is 5.89. The second-order valence-corrected chi connectivity index (χ2v) is 8.68. The number of aromatic hydroxyl groups is 1. The van der Waals surface area contributed by atoms with E-state index in [9.17, 15) is 15.0 Å². The molecule has 1 atom stereocenters. The average Bonchev–Trinajstić information content (AvgIpc) is 2.98. The SMILES string of the molecule is Cc1cc(C(c2ccccc2)c2oc(CO)cc(=O)c2O)c2c(C)ccc(C(C)C)cc1-2. The Morgan fingerprint density at radius 2 is 1.62 bits per heavy atom. The molecule has 0 bridgehead atoms. The first kappa shape index (κ1) is 21.8. The molecule has 0 saturated carbocycles. The number of rotatable bonds is 5. The third kappa shape index (κ3) is 3.82. The van der Waals surface area contributed by atoms with Gasteiger partial charge in [-0.3, -0.25) is 4.79 Å². The van der Waals surface area contributed by atoms with Crippen molar-refractivity contribution in [2.24, 2.45) is 0 Å². The molecule has 4 nitrogen and oxygen atoms in total.